The average molecular weight is 265 g/mol. The van der Waals surface area contributed by atoms with Gasteiger partial charge in [0, 0.05) is 13.3 Å². The maximum Gasteiger partial charge on any atom is 0.156 e. The molecule has 1 aromatic rings. The second-order valence-electron chi connectivity index (χ2n) is 1.95. The lowest BCUT2D eigenvalue weighted by Crippen LogP contribution is -2.02. The van der Waals surface area contributed by atoms with E-state index in [2.05, 4.69) is 32.6 Å². The van der Waals surface area contributed by atoms with E-state index in [0.717, 1.165) is 3.57 Å². The predicted molar refractivity (Wildman–Crippen MR) is 49.9 cm³/mol. The van der Waals surface area contributed by atoms with Gasteiger partial charge < -0.3 is 10.5 Å². The number of nitrogens with zero attached hydrogens (tertiary/aromatic N) is 2. The largest absolute Gasteiger partial charge is 0.383 e. The van der Waals surface area contributed by atoms with Crippen LogP contribution in [-0.2, 0) is 11.3 Å². The highest BCUT2D eigenvalue weighted by Gasteiger charge is 1.99. The molecule has 0 spiro atoms. The molecule has 0 fully saturated rings. The molecule has 0 saturated heterocycles. The lowest BCUT2D eigenvalue weighted by molar-refractivity contribution is 0.178. The van der Waals surface area contributed by atoms with Gasteiger partial charge >= 0.3 is 0 Å². The van der Waals surface area contributed by atoms with Crippen LogP contribution in [0.1, 0.15) is 5.82 Å². The number of nitrogens with two attached hydrogens (primary N) is 1. The van der Waals surface area contributed by atoms with Gasteiger partial charge in [-0.2, -0.15) is 0 Å². The Bertz CT molecular complexity index is 254. The van der Waals surface area contributed by atoms with Gasteiger partial charge in [0.1, 0.15) is 12.4 Å². The Balaban J connectivity index is 2.86. The lowest BCUT2D eigenvalue weighted by atomic mass is 10.5. The summed E-state index contributed by atoms with van der Waals surface area (Å²) in [5, 5.41) is 0. The molecule has 0 radical (unpaired) electrons. The van der Waals surface area contributed by atoms with E-state index >= 15 is 0 Å². The molecule has 0 aliphatic carbocycles. The summed E-state index contributed by atoms with van der Waals surface area (Å²) in [5.41, 5.74) is 5.54. The molecule has 0 aliphatic heterocycles. The molecule has 0 unspecified atom stereocenters. The number of aromatic nitrogens is 2. The molecule has 5 heteroatoms. The number of ether oxygens (including phenoxy) is 1. The Kier molecular flexibility index (Phi) is 3.01. The zero-order valence-corrected chi connectivity index (χ0v) is 8.20. The van der Waals surface area contributed by atoms with E-state index in [-0.39, 0.29) is 0 Å². The van der Waals surface area contributed by atoms with Crippen LogP contribution in [0.3, 0.4) is 0 Å². The first-order valence-electron chi connectivity index (χ1n) is 3.00. The van der Waals surface area contributed by atoms with E-state index in [1.807, 2.05) is 0 Å². The maximum atomic E-state index is 5.54. The highest BCUT2D eigenvalue weighted by Crippen LogP contribution is 2.09. The molecule has 60 valence electrons. The van der Waals surface area contributed by atoms with Crippen LogP contribution in [0.25, 0.3) is 0 Å². The number of nitrogen functional groups attached to an aromatic ring is 1. The summed E-state index contributed by atoms with van der Waals surface area (Å²) in [7, 11) is 1.59. The van der Waals surface area contributed by atoms with E-state index < -0.39 is 0 Å². The third kappa shape index (κ3) is 2.26. The summed E-state index contributed by atoms with van der Waals surface area (Å²) in [4.78, 5) is 8.00. The molecule has 0 aliphatic rings. The third-order valence-electron chi connectivity index (χ3n) is 1.09. The van der Waals surface area contributed by atoms with Gasteiger partial charge in [0.2, 0.25) is 0 Å². The van der Waals surface area contributed by atoms with Crippen molar-refractivity contribution in [1.82, 2.24) is 9.97 Å². The second-order valence-corrected chi connectivity index (χ2v) is 3.11. The van der Waals surface area contributed by atoms with Crippen LogP contribution < -0.4 is 5.73 Å². The number of halogens is 1. The summed E-state index contributed by atoms with van der Waals surface area (Å²) in [6, 6.07) is 0. The molecule has 0 bridgehead atoms. The van der Waals surface area contributed by atoms with Gasteiger partial charge in [-0.1, -0.05) is 0 Å². The van der Waals surface area contributed by atoms with Gasteiger partial charge in [-0.25, -0.2) is 9.97 Å². The lowest BCUT2D eigenvalue weighted by Gasteiger charge is -1.99. The summed E-state index contributed by atoms with van der Waals surface area (Å²) < 4.78 is 5.70. The van der Waals surface area contributed by atoms with Crippen molar-refractivity contribution in [2.75, 3.05) is 12.8 Å². The van der Waals surface area contributed by atoms with Crippen molar-refractivity contribution in [1.29, 1.82) is 0 Å². The second kappa shape index (κ2) is 3.82. The third-order valence-corrected chi connectivity index (χ3v) is 1.93. The molecule has 0 aromatic carbocycles. The summed E-state index contributed by atoms with van der Waals surface area (Å²) >= 11 is 2.08. The quantitative estimate of drug-likeness (QED) is 0.804. The summed E-state index contributed by atoms with van der Waals surface area (Å²) in [6.45, 7) is 0.404. The minimum atomic E-state index is 0.404. The van der Waals surface area contributed by atoms with Crippen LogP contribution in [-0.4, -0.2) is 17.1 Å². The number of hydrogen-bond acceptors (Lipinski definition) is 4. The fourth-order valence-corrected chi connectivity index (χ4v) is 0.877. The van der Waals surface area contributed by atoms with Gasteiger partial charge in [-0.15, -0.1) is 0 Å². The molecule has 0 atom stereocenters. The van der Waals surface area contributed by atoms with Crippen molar-refractivity contribution < 1.29 is 4.74 Å². The first-order chi connectivity index (χ1) is 5.24. The van der Waals surface area contributed by atoms with Crippen molar-refractivity contribution in [3.8, 4) is 0 Å². The normalized spacial score (nSPS) is 10.0. The minimum absolute atomic E-state index is 0.404. The fraction of sp³-hybridized carbons (Fsp3) is 0.333. The van der Waals surface area contributed by atoms with Crippen molar-refractivity contribution in [3.05, 3.63) is 15.6 Å². The van der Waals surface area contributed by atoms with Crippen LogP contribution in [0, 0.1) is 3.57 Å². The van der Waals surface area contributed by atoms with Gasteiger partial charge in [0.15, 0.2) is 5.82 Å². The average Bonchev–Trinajstić information content (AvgIpc) is 1.98. The Morgan fingerprint density at radius 1 is 1.73 bits per heavy atom. The van der Waals surface area contributed by atoms with Gasteiger partial charge in [-0.05, 0) is 22.6 Å². The first kappa shape index (κ1) is 8.66. The summed E-state index contributed by atoms with van der Waals surface area (Å²) in [5.74, 6) is 1.12. The van der Waals surface area contributed by atoms with E-state index in [0.29, 0.717) is 18.2 Å². The highest BCUT2D eigenvalue weighted by atomic mass is 127. The molecular formula is C6H8IN3O. The van der Waals surface area contributed by atoms with Crippen molar-refractivity contribution in [3.63, 3.8) is 0 Å². The first-order valence-corrected chi connectivity index (χ1v) is 4.07. The Morgan fingerprint density at radius 3 is 3.00 bits per heavy atom. The van der Waals surface area contributed by atoms with Crippen LogP contribution >= 0.6 is 22.6 Å². The van der Waals surface area contributed by atoms with Crippen molar-refractivity contribution in [2.24, 2.45) is 0 Å². The topological polar surface area (TPSA) is 61.0 Å². The molecule has 1 rings (SSSR count). The Morgan fingerprint density at radius 2 is 2.45 bits per heavy atom. The van der Waals surface area contributed by atoms with Gasteiger partial charge in [-0.3, -0.25) is 0 Å². The van der Waals surface area contributed by atoms with E-state index in [9.17, 15) is 0 Å². The standard InChI is InChI=1S/C6H8IN3O/c1-11-3-5-9-2-4(7)6(8)10-5/h2H,3H2,1H3,(H2,8,9,10). The monoisotopic (exact) mass is 265 g/mol. The SMILES string of the molecule is COCc1ncc(I)c(N)n1. The van der Waals surface area contributed by atoms with Gasteiger partial charge in [0.05, 0.1) is 3.57 Å². The maximum absolute atomic E-state index is 5.54. The van der Waals surface area contributed by atoms with E-state index in [4.69, 9.17) is 10.5 Å². The van der Waals surface area contributed by atoms with E-state index in [1.165, 1.54) is 0 Å². The predicted octanol–water partition coefficient (Wildman–Crippen LogP) is 0.810. The fourth-order valence-electron chi connectivity index (χ4n) is 0.617. The van der Waals surface area contributed by atoms with Crippen LogP contribution in [0.15, 0.2) is 6.20 Å². The molecule has 1 heterocycles. The van der Waals surface area contributed by atoms with Gasteiger partial charge in [0.25, 0.3) is 0 Å². The zero-order valence-electron chi connectivity index (χ0n) is 6.04. The Labute approximate surface area is 78.3 Å². The summed E-state index contributed by atoms with van der Waals surface area (Å²) in [6.07, 6.45) is 1.68. The smallest absolute Gasteiger partial charge is 0.156 e. The molecule has 0 saturated carbocycles. The van der Waals surface area contributed by atoms with Crippen LogP contribution in [0.4, 0.5) is 5.82 Å². The number of hydrogen-bond donors (Lipinski definition) is 1. The van der Waals surface area contributed by atoms with Crippen LogP contribution in [0.2, 0.25) is 0 Å². The van der Waals surface area contributed by atoms with Crippen molar-refractivity contribution in [2.45, 2.75) is 6.61 Å². The number of methoxy groups -OCH3 is 1. The molecule has 11 heavy (non-hydrogen) atoms. The molecule has 1 aromatic heterocycles. The van der Waals surface area contributed by atoms with Crippen molar-refractivity contribution >= 4 is 28.4 Å². The molecule has 2 N–H and O–H groups in total. The van der Waals surface area contributed by atoms with Crippen LogP contribution in [0.5, 0.6) is 0 Å². The molecular weight excluding hydrogens is 257 g/mol. The number of rotatable bonds is 2. The minimum Gasteiger partial charge on any atom is -0.383 e. The zero-order chi connectivity index (χ0) is 8.27. The number of anilines is 1. The Hall–Kier alpha value is -0.430. The van der Waals surface area contributed by atoms with E-state index in [1.54, 1.807) is 13.3 Å². The highest BCUT2D eigenvalue weighted by molar-refractivity contribution is 14.1. The molecule has 4 nitrogen and oxygen atoms in total. The molecule has 0 amide bonds.